The zero-order valence-corrected chi connectivity index (χ0v) is 17.4. The van der Waals surface area contributed by atoms with Gasteiger partial charge in [-0.15, -0.1) is 0 Å². The summed E-state index contributed by atoms with van der Waals surface area (Å²) in [6, 6.07) is 13.8. The molecule has 0 saturated carbocycles. The molecule has 0 atom stereocenters. The molecule has 0 radical (unpaired) electrons. The van der Waals surface area contributed by atoms with Crippen LogP contribution in [0.5, 0.6) is 0 Å². The number of carbonyl (C=O) groups is 1. The number of benzene rings is 2. The van der Waals surface area contributed by atoms with Gasteiger partial charge in [-0.3, -0.25) is 14.5 Å². The fraction of sp³-hybridized carbons (Fsp3) is 0.250. The number of pyridine rings is 1. The number of amides is 1. The molecule has 32 heavy (non-hydrogen) atoms. The third-order valence-corrected chi connectivity index (χ3v) is 6.02. The van der Waals surface area contributed by atoms with Crippen molar-refractivity contribution in [2.75, 3.05) is 37.6 Å². The lowest BCUT2D eigenvalue weighted by Gasteiger charge is -2.36. The Balaban J connectivity index is 1.25. The van der Waals surface area contributed by atoms with E-state index in [4.69, 9.17) is 10.2 Å². The Labute approximate surface area is 183 Å². The number of carbonyl (C=O) groups excluding carboxylic acids is 1. The van der Waals surface area contributed by atoms with Crippen LogP contribution in [-0.2, 0) is 6.42 Å². The highest BCUT2D eigenvalue weighted by Crippen LogP contribution is 2.31. The maximum atomic E-state index is 14.2. The van der Waals surface area contributed by atoms with Gasteiger partial charge in [0.15, 0.2) is 11.3 Å². The van der Waals surface area contributed by atoms with E-state index in [1.807, 2.05) is 18.2 Å². The van der Waals surface area contributed by atoms with Crippen molar-refractivity contribution in [3.63, 3.8) is 0 Å². The van der Waals surface area contributed by atoms with Crippen molar-refractivity contribution in [1.82, 2.24) is 9.88 Å². The number of fused-ring (bicyclic) bond motifs is 2. The highest BCUT2D eigenvalue weighted by Gasteiger charge is 2.22. The van der Waals surface area contributed by atoms with E-state index in [-0.39, 0.29) is 17.1 Å². The van der Waals surface area contributed by atoms with E-state index in [1.165, 1.54) is 29.8 Å². The van der Waals surface area contributed by atoms with Crippen LogP contribution in [0, 0.1) is 5.82 Å². The number of nitrogens with zero attached hydrogens (tertiary/aromatic N) is 2. The highest BCUT2D eigenvalue weighted by atomic mass is 19.1. The van der Waals surface area contributed by atoms with Gasteiger partial charge in [0.05, 0.1) is 5.69 Å². The third kappa shape index (κ3) is 3.97. The van der Waals surface area contributed by atoms with E-state index >= 15 is 0 Å². The van der Waals surface area contributed by atoms with E-state index in [9.17, 15) is 14.0 Å². The van der Waals surface area contributed by atoms with Gasteiger partial charge in [0.2, 0.25) is 5.56 Å². The molecular weight excluding hydrogens is 411 g/mol. The Kier molecular flexibility index (Phi) is 5.14. The average Bonchev–Trinajstić information content (AvgIpc) is 3.21. The van der Waals surface area contributed by atoms with Crippen molar-refractivity contribution in [2.45, 2.75) is 6.42 Å². The average molecular weight is 434 g/mol. The molecule has 1 fully saturated rings. The smallest absolute Gasteiger partial charge is 0.284 e. The summed E-state index contributed by atoms with van der Waals surface area (Å²) in [7, 11) is 0. The summed E-state index contributed by atoms with van der Waals surface area (Å²) in [5.41, 5.74) is 8.37. The summed E-state index contributed by atoms with van der Waals surface area (Å²) in [5.74, 6) is -1.02. The van der Waals surface area contributed by atoms with Crippen LogP contribution < -0.4 is 16.2 Å². The van der Waals surface area contributed by atoms with Crippen LogP contribution in [0.2, 0.25) is 0 Å². The van der Waals surface area contributed by atoms with Crippen molar-refractivity contribution < 1.29 is 13.6 Å². The highest BCUT2D eigenvalue weighted by molar-refractivity contribution is 5.98. The van der Waals surface area contributed by atoms with Gasteiger partial charge in [0.25, 0.3) is 5.91 Å². The number of H-pyrrole nitrogens is 1. The van der Waals surface area contributed by atoms with Gasteiger partial charge >= 0.3 is 0 Å². The number of halogens is 1. The lowest BCUT2D eigenvalue weighted by atomic mass is 10.1. The summed E-state index contributed by atoms with van der Waals surface area (Å²) >= 11 is 0. The number of aromatic amines is 1. The summed E-state index contributed by atoms with van der Waals surface area (Å²) in [4.78, 5) is 30.3. The zero-order chi connectivity index (χ0) is 22.2. The molecule has 0 spiro atoms. The van der Waals surface area contributed by atoms with Crippen molar-refractivity contribution >= 4 is 33.5 Å². The van der Waals surface area contributed by atoms with Crippen LogP contribution in [-0.4, -0.2) is 48.5 Å². The van der Waals surface area contributed by atoms with E-state index in [1.54, 1.807) is 0 Å². The maximum Gasteiger partial charge on any atom is 0.284 e. The Hall–Kier alpha value is -3.65. The number of rotatable bonds is 5. The molecule has 0 aliphatic carbocycles. The fourth-order valence-electron chi connectivity index (χ4n) is 4.31. The molecule has 0 unspecified atom stereocenters. The van der Waals surface area contributed by atoms with Gasteiger partial charge < -0.3 is 20.0 Å². The van der Waals surface area contributed by atoms with Crippen molar-refractivity contribution in [2.24, 2.45) is 5.73 Å². The summed E-state index contributed by atoms with van der Waals surface area (Å²) in [5, 5.41) is 1.55. The molecule has 1 aliphatic rings. The number of primary amides is 1. The molecule has 164 valence electrons. The number of hydrogen-bond acceptors (Lipinski definition) is 5. The van der Waals surface area contributed by atoms with Crippen LogP contribution in [0.25, 0.3) is 21.9 Å². The van der Waals surface area contributed by atoms with Gasteiger partial charge in [-0.05, 0) is 41.6 Å². The Morgan fingerprint density at radius 3 is 2.59 bits per heavy atom. The predicted molar refractivity (Wildman–Crippen MR) is 122 cm³/mol. The van der Waals surface area contributed by atoms with Crippen molar-refractivity contribution in [3.05, 3.63) is 76.0 Å². The quantitative estimate of drug-likeness (QED) is 0.504. The number of furan rings is 1. The first-order chi connectivity index (χ1) is 15.5. The zero-order valence-electron chi connectivity index (χ0n) is 17.4. The molecule has 7 nitrogen and oxygen atoms in total. The summed E-state index contributed by atoms with van der Waals surface area (Å²) in [6.07, 6.45) is 0.872. The van der Waals surface area contributed by atoms with Crippen LogP contribution >= 0.6 is 0 Å². The Bertz CT molecular complexity index is 1370. The maximum absolute atomic E-state index is 14.2. The Morgan fingerprint density at radius 1 is 1.03 bits per heavy atom. The van der Waals surface area contributed by atoms with Crippen molar-refractivity contribution in [3.8, 4) is 0 Å². The Morgan fingerprint density at radius 2 is 1.81 bits per heavy atom. The molecule has 5 rings (SSSR count). The predicted octanol–water partition coefficient (Wildman–Crippen LogP) is 2.88. The summed E-state index contributed by atoms with van der Waals surface area (Å²) < 4.78 is 19.8. The summed E-state index contributed by atoms with van der Waals surface area (Å²) in [6.45, 7) is 3.98. The first kappa shape index (κ1) is 20.3. The van der Waals surface area contributed by atoms with Crippen molar-refractivity contribution in [1.29, 1.82) is 0 Å². The SMILES string of the molecule is NC(=O)c1cc2cc(F)cc(N3CCN(CCc4ccc5ccc(=O)[nH]c5c4)CC3)c2o1. The largest absolute Gasteiger partial charge is 0.449 e. The molecule has 0 bridgehead atoms. The molecule has 2 aromatic heterocycles. The molecular formula is C24H23FN4O3. The van der Waals surface area contributed by atoms with Gasteiger partial charge in [0.1, 0.15) is 5.82 Å². The number of anilines is 1. The molecule has 4 aromatic rings. The molecule has 3 heterocycles. The van der Waals surface area contributed by atoms with Gasteiger partial charge in [-0.25, -0.2) is 4.39 Å². The van der Waals surface area contributed by atoms with Crippen LogP contribution in [0.3, 0.4) is 0 Å². The first-order valence-corrected chi connectivity index (χ1v) is 10.6. The molecule has 2 aromatic carbocycles. The van der Waals surface area contributed by atoms with Gasteiger partial charge in [-0.1, -0.05) is 12.1 Å². The molecule has 1 amide bonds. The van der Waals surface area contributed by atoms with Gasteiger partial charge in [0, 0.05) is 55.8 Å². The second-order valence-electron chi connectivity index (χ2n) is 8.14. The second-order valence-corrected chi connectivity index (χ2v) is 8.14. The standard InChI is InChI=1S/C24H23FN4O3/c25-18-12-17-13-21(24(26)31)32-23(17)20(14-18)29-9-7-28(8-10-29)6-5-15-1-2-16-3-4-22(30)27-19(16)11-15/h1-4,11-14H,5-10H2,(H2,26,31)(H,27,30). The number of aromatic nitrogens is 1. The van der Waals surface area contributed by atoms with E-state index in [2.05, 4.69) is 20.9 Å². The lowest BCUT2D eigenvalue weighted by molar-refractivity contribution is 0.0976. The monoisotopic (exact) mass is 434 g/mol. The van der Waals surface area contributed by atoms with E-state index < -0.39 is 5.91 Å². The molecule has 1 saturated heterocycles. The van der Waals surface area contributed by atoms with E-state index in [0.29, 0.717) is 16.7 Å². The first-order valence-electron chi connectivity index (χ1n) is 10.6. The minimum atomic E-state index is -0.671. The van der Waals surface area contributed by atoms with Crippen LogP contribution in [0.1, 0.15) is 16.1 Å². The lowest BCUT2D eigenvalue weighted by Crippen LogP contribution is -2.47. The number of hydrogen-bond donors (Lipinski definition) is 2. The van der Waals surface area contributed by atoms with Crippen LogP contribution in [0.4, 0.5) is 10.1 Å². The minimum Gasteiger partial charge on any atom is -0.449 e. The topological polar surface area (TPSA) is 95.6 Å². The molecule has 1 aliphatic heterocycles. The number of nitrogens with two attached hydrogens (primary N) is 1. The minimum absolute atomic E-state index is 0.0298. The normalized spacial score (nSPS) is 15.0. The second kappa shape index (κ2) is 8.12. The number of piperazine rings is 1. The van der Waals surface area contributed by atoms with Crippen LogP contribution in [0.15, 0.2) is 57.7 Å². The number of nitrogens with one attached hydrogen (secondary N) is 1. The van der Waals surface area contributed by atoms with Gasteiger partial charge in [-0.2, -0.15) is 0 Å². The fourth-order valence-corrected chi connectivity index (χ4v) is 4.31. The van der Waals surface area contributed by atoms with E-state index in [0.717, 1.165) is 50.0 Å². The third-order valence-electron chi connectivity index (χ3n) is 6.02. The molecule has 3 N–H and O–H groups in total. The molecule has 8 heteroatoms.